The second-order valence-corrected chi connectivity index (χ2v) is 5.08. The SMILES string of the molecule is CNc1nc(NCCC2CCCC2)cc(C(F)(F)F)n1. The van der Waals surface area contributed by atoms with Crippen LogP contribution in [0.1, 0.15) is 37.8 Å². The lowest BCUT2D eigenvalue weighted by atomic mass is 10.0. The Bertz CT molecular complexity index is 442. The van der Waals surface area contributed by atoms with Crippen molar-refractivity contribution in [1.82, 2.24) is 9.97 Å². The third-order valence-electron chi connectivity index (χ3n) is 3.57. The Labute approximate surface area is 116 Å². The summed E-state index contributed by atoms with van der Waals surface area (Å²) in [5.74, 6) is 0.882. The molecule has 1 fully saturated rings. The van der Waals surface area contributed by atoms with Gasteiger partial charge in [0.25, 0.3) is 0 Å². The summed E-state index contributed by atoms with van der Waals surface area (Å²) in [6.45, 7) is 0.641. The molecular formula is C13H19F3N4. The standard InChI is InChI=1S/C13H19F3N4/c1-17-12-19-10(13(14,15)16)8-11(20-12)18-7-6-9-4-2-3-5-9/h8-9H,2-7H2,1H3,(H2,17,18,19,20). The second-order valence-electron chi connectivity index (χ2n) is 5.08. The van der Waals surface area contributed by atoms with Crippen LogP contribution < -0.4 is 10.6 Å². The van der Waals surface area contributed by atoms with Crippen LogP contribution in [0.25, 0.3) is 0 Å². The molecule has 1 aliphatic rings. The predicted molar refractivity (Wildman–Crippen MR) is 71.6 cm³/mol. The molecule has 1 aromatic heterocycles. The smallest absolute Gasteiger partial charge is 0.370 e. The number of anilines is 2. The topological polar surface area (TPSA) is 49.8 Å². The molecule has 0 aromatic carbocycles. The van der Waals surface area contributed by atoms with Gasteiger partial charge in [-0.1, -0.05) is 25.7 Å². The van der Waals surface area contributed by atoms with Crippen molar-refractivity contribution in [2.24, 2.45) is 5.92 Å². The van der Waals surface area contributed by atoms with Crippen LogP contribution in [0.2, 0.25) is 0 Å². The Morgan fingerprint density at radius 1 is 1.25 bits per heavy atom. The zero-order valence-electron chi connectivity index (χ0n) is 11.4. The minimum atomic E-state index is -4.46. The molecular weight excluding hydrogens is 269 g/mol. The average molecular weight is 288 g/mol. The predicted octanol–water partition coefficient (Wildman–Crippen LogP) is 3.53. The van der Waals surface area contributed by atoms with Gasteiger partial charge in [-0.05, 0) is 12.3 Å². The van der Waals surface area contributed by atoms with Gasteiger partial charge in [0.15, 0.2) is 5.69 Å². The molecule has 2 N–H and O–H groups in total. The first-order valence-corrected chi connectivity index (χ1v) is 6.87. The molecule has 1 aromatic rings. The largest absolute Gasteiger partial charge is 0.433 e. The molecule has 7 heteroatoms. The summed E-state index contributed by atoms with van der Waals surface area (Å²) in [5.41, 5.74) is -0.930. The Kier molecular flexibility index (Phi) is 4.67. The summed E-state index contributed by atoms with van der Waals surface area (Å²) < 4.78 is 38.1. The lowest BCUT2D eigenvalue weighted by Crippen LogP contribution is -2.14. The molecule has 0 radical (unpaired) electrons. The van der Waals surface area contributed by atoms with E-state index in [0.717, 1.165) is 12.5 Å². The summed E-state index contributed by atoms with van der Waals surface area (Å²) in [4.78, 5) is 7.42. The molecule has 1 heterocycles. The Balaban J connectivity index is 1.98. The molecule has 0 unspecified atom stereocenters. The van der Waals surface area contributed by atoms with Crippen molar-refractivity contribution >= 4 is 11.8 Å². The molecule has 0 amide bonds. The monoisotopic (exact) mass is 288 g/mol. The van der Waals surface area contributed by atoms with Gasteiger partial charge in [0.05, 0.1) is 0 Å². The molecule has 0 atom stereocenters. The zero-order chi connectivity index (χ0) is 14.6. The van der Waals surface area contributed by atoms with Crippen molar-refractivity contribution in [2.75, 3.05) is 24.2 Å². The van der Waals surface area contributed by atoms with Gasteiger partial charge >= 0.3 is 6.18 Å². The molecule has 0 aliphatic heterocycles. The lowest BCUT2D eigenvalue weighted by molar-refractivity contribution is -0.141. The highest BCUT2D eigenvalue weighted by Gasteiger charge is 2.33. The first kappa shape index (κ1) is 14.9. The van der Waals surface area contributed by atoms with Crippen molar-refractivity contribution in [3.8, 4) is 0 Å². The van der Waals surface area contributed by atoms with E-state index in [1.54, 1.807) is 0 Å². The summed E-state index contributed by atoms with van der Waals surface area (Å²) in [7, 11) is 1.50. The van der Waals surface area contributed by atoms with Gasteiger partial charge in [-0.3, -0.25) is 0 Å². The van der Waals surface area contributed by atoms with Crippen LogP contribution in [0.3, 0.4) is 0 Å². The third kappa shape index (κ3) is 3.98. The van der Waals surface area contributed by atoms with E-state index in [1.807, 2.05) is 0 Å². The fourth-order valence-electron chi connectivity index (χ4n) is 2.50. The number of hydrogen-bond acceptors (Lipinski definition) is 4. The summed E-state index contributed by atoms with van der Waals surface area (Å²) in [5, 5.41) is 5.52. The maximum atomic E-state index is 12.7. The number of alkyl halides is 3. The van der Waals surface area contributed by atoms with E-state index < -0.39 is 11.9 Å². The van der Waals surface area contributed by atoms with E-state index in [4.69, 9.17) is 0 Å². The minimum absolute atomic E-state index is 0.0248. The van der Waals surface area contributed by atoms with Gasteiger partial charge in [0, 0.05) is 19.7 Å². The molecule has 0 saturated heterocycles. The molecule has 112 valence electrons. The fraction of sp³-hybridized carbons (Fsp3) is 0.692. The van der Waals surface area contributed by atoms with Crippen LogP contribution in [0.4, 0.5) is 24.9 Å². The van der Waals surface area contributed by atoms with Gasteiger partial charge in [0.2, 0.25) is 5.95 Å². The van der Waals surface area contributed by atoms with E-state index in [9.17, 15) is 13.2 Å². The number of halogens is 3. The van der Waals surface area contributed by atoms with Gasteiger partial charge in [-0.25, -0.2) is 4.98 Å². The number of hydrogen-bond donors (Lipinski definition) is 2. The first-order chi connectivity index (χ1) is 9.49. The van der Waals surface area contributed by atoms with Crippen molar-refractivity contribution < 1.29 is 13.2 Å². The van der Waals surface area contributed by atoms with Gasteiger partial charge in [-0.15, -0.1) is 0 Å². The van der Waals surface area contributed by atoms with E-state index in [0.29, 0.717) is 12.5 Å². The van der Waals surface area contributed by atoms with Crippen LogP contribution in [-0.4, -0.2) is 23.6 Å². The molecule has 0 spiro atoms. The van der Waals surface area contributed by atoms with Gasteiger partial charge < -0.3 is 10.6 Å². The molecule has 1 saturated carbocycles. The number of aromatic nitrogens is 2. The Hall–Kier alpha value is -1.53. The number of nitrogens with zero attached hydrogens (tertiary/aromatic N) is 2. The van der Waals surface area contributed by atoms with Crippen LogP contribution in [0.5, 0.6) is 0 Å². The molecule has 4 nitrogen and oxygen atoms in total. The van der Waals surface area contributed by atoms with Crippen LogP contribution in [0.15, 0.2) is 6.07 Å². The summed E-state index contributed by atoms with van der Waals surface area (Å²) >= 11 is 0. The number of nitrogens with one attached hydrogen (secondary N) is 2. The van der Waals surface area contributed by atoms with Crippen molar-refractivity contribution in [3.63, 3.8) is 0 Å². The van der Waals surface area contributed by atoms with Crippen molar-refractivity contribution in [2.45, 2.75) is 38.3 Å². The maximum Gasteiger partial charge on any atom is 0.433 e. The van der Waals surface area contributed by atoms with E-state index in [2.05, 4.69) is 20.6 Å². The lowest BCUT2D eigenvalue weighted by Gasteiger charge is -2.13. The van der Waals surface area contributed by atoms with Gasteiger partial charge in [0.1, 0.15) is 5.82 Å². The normalized spacial score (nSPS) is 16.4. The van der Waals surface area contributed by atoms with Crippen LogP contribution in [0, 0.1) is 5.92 Å². The Morgan fingerprint density at radius 3 is 2.55 bits per heavy atom. The van der Waals surface area contributed by atoms with Crippen molar-refractivity contribution in [3.05, 3.63) is 11.8 Å². The molecule has 2 rings (SSSR count). The quantitative estimate of drug-likeness (QED) is 0.870. The minimum Gasteiger partial charge on any atom is -0.370 e. The van der Waals surface area contributed by atoms with Crippen LogP contribution in [-0.2, 0) is 6.18 Å². The fourth-order valence-corrected chi connectivity index (χ4v) is 2.50. The Morgan fingerprint density at radius 2 is 1.95 bits per heavy atom. The third-order valence-corrected chi connectivity index (χ3v) is 3.57. The van der Waals surface area contributed by atoms with E-state index in [1.165, 1.54) is 32.7 Å². The van der Waals surface area contributed by atoms with Crippen molar-refractivity contribution in [1.29, 1.82) is 0 Å². The van der Waals surface area contributed by atoms with E-state index >= 15 is 0 Å². The highest BCUT2D eigenvalue weighted by Crippen LogP contribution is 2.30. The van der Waals surface area contributed by atoms with Crippen LogP contribution >= 0.6 is 0 Å². The first-order valence-electron chi connectivity index (χ1n) is 6.87. The highest BCUT2D eigenvalue weighted by atomic mass is 19.4. The summed E-state index contributed by atoms with van der Waals surface area (Å²) in [6, 6.07) is 0.954. The zero-order valence-corrected chi connectivity index (χ0v) is 11.4. The average Bonchev–Trinajstić information content (AvgIpc) is 2.90. The van der Waals surface area contributed by atoms with E-state index in [-0.39, 0.29) is 11.8 Å². The maximum absolute atomic E-state index is 12.7. The highest BCUT2D eigenvalue weighted by molar-refractivity contribution is 5.42. The molecule has 20 heavy (non-hydrogen) atoms. The van der Waals surface area contributed by atoms with Gasteiger partial charge in [-0.2, -0.15) is 18.2 Å². The molecule has 1 aliphatic carbocycles. The summed E-state index contributed by atoms with van der Waals surface area (Å²) in [6.07, 6.45) is 1.49. The molecule has 0 bridgehead atoms. The number of rotatable bonds is 5. The second kappa shape index (κ2) is 6.28.